The molecule has 2 aromatic heterocycles. The molecule has 0 amide bonds. The van der Waals surface area contributed by atoms with Gasteiger partial charge in [0.2, 0.25) is 0 Å². The van der Waals surface area contributed by atoms with Gasteiger partial charge in [0.1, 0.15) is 5.65 Å². The van der Waals surface area contributed by atoms with Gasteiger partial charge in [-0.15, -0.1) is 0 Å². The Kier molecular flexibility index (Phi) is 3.76. The van der Waals surface area contributed by atoms with E-state index in [0.29, 0.717) is 0 Å². The van der Waals surface area contributed by atoms with Crippen LogP contribution in [0.3, 0.4) is 0 Å². The second-order valence-corrected chi connectivity index (χ2v) is 5.73. The van der Waals surface area contributed by atoms with Crippen LogP contribution in [-0.2, 0) is 6.54 Å². The second kappa shape index (κ2) is 5.54. The fourth-order valence-corrected chi connectivity index (χ4v) is 3.34. The van der Waals surface area contributed by atoms with Crippen LogP contribution in [0.2, 0.25) is 0 Å². The van der Waals surface area contributed by atoms with Crippen molar-refractivity contribution in [3.63, 3.8) is 0 Å². The number of imidazole rings is 1. The number of piperazine rings is 1. The topological polar surface area (TPSA) is 32.6 Å². The number of nitrogens with one attached hydrogen (secondary N) is 1. The summed E-state index contributed by atoms with van der Waals surface area (Å²) in [4.78, 5) is 7.36. The lowest BCUT2D eigenvalue weighted by Gasteiger charge is -2.46. The first kappa shape index (κ1) is 13.6. The zero-order valence-corrected chi connectivity index (χ0v) is 12.5. The third-order valence-corrected chi connectivity index (χ3v) is 4.77. The van der Waals surface area contributed by atoms with Crippen LogP contribution >= 0.6 is 0 Å². The summed E-state index contributed by atoms with van der Waals surface area (Å²) in [6, 6.07) is 6.15. The van der Waals surface area contributed by atoms with E-state index in [4.69, 9.17) is 4.98 Å². The molecule has 1 fully saturated rings. The molecule has 2 aromatic rings. The highest BCUT2D eigenvalue weighted by Gasteiger charge is 2.35. The average molecular weight is 272 g/mol. The van der Waals surface area contributed by atoms with Crippen LogP contribution in [0.4, 0.5) is 0 Å². The molecule has 1 saturated heterocycles. The lowest BCUT2D eigenvalue weighted by Crippen LogP contribution is -2.60. The van der Waals surface area contributed by atoms with E-state index in [9.17, 15) is 0 Å². The largest absolute Gasteiger partial charge is 0.314 e. The molecule has 1 aliphatic rings. The van der Waals surface area contributed by atoms with Gasteiger partial charge in [0.25, 0.3) is 0 Å². The summed E-state index contributed by atoms with van der Waals surface area (Å²) in [5, 5.41) is 3.55. The molecule has 0 unspecified atom stereocenters. The Morgan fingerprint density at radius 3 is 2.90 bits per heavy atom. The van der Waals surface area contributed by atoms with Crippen molar-refractivity contribution in [2.75, 3.05) is 19.6 Å². The van der Waals surface area contributed by atoms with Gasteiger partial charge >= 0.3 is 0 Å². The van der Waals surface area contributed by atoms with Gasteiger partial charge in [0, 0.05) is 44.1 Å². The minimum absolute atomic E-state index is 0.286. The summed E-state index contributed by atoms with van der Waals surface area (Å²) in [7, 11) is 0. The SMILES string of the molecule is CCC1(CC)CNCCN1Cc1cn2ccccc2n1. The second-order valence-electron chi connectivity index (χ2n) is 5.73. The first-order chi connectivity index (χ1) is 9.77. The third-order valence-electron chi connectivity index (χ3n) is 4.77. The van der Waals surface area contributed by atoms with E-state index in [1.165, 1.54) is 18.5 Å². The van der Waals surface area contributed by atoms with Gasteiger partial charge < -0.3 is 9.72 Å². The van der Waals surface area contributed by atoms with Crippen molar-refractivity contribution < 1.29 is 0 Å². The van der Waals surface area contributed by atoms with Gasteiger partial charge in [0.15, 0.2) is 0 Å². The molecule has 0 aromatic carbocycles. The highest BCUT2D eigenvalue weighted by atomic mass is 15.3. The maximum Gasteiger partial charge on any atom is 0.137 e. The Labute approximate surface area is 120 Å². The van der Waals surface area contributed by atoms with Gasteiger partial charge in [0.05, 0.1) is 5.69 Å². The van der Waals surface area contributed by atoms with Crippen LogP contribution in [0.5, 0.6) is 0 Å². The molecule has 1 aliphatic heterocycles. The van der Waals surface area contributed by atoms with Crippen molar-refractivity contribution >= 4 is 5.65 Å². The Balaban J connectivity index is 1.84. The van der Waals surface area contributed by atoms with Crippen LogP contribution in [-0.4, -0.2) is 39.5 Å². The molecular weight excluding hydrogens is 248 g/mol. The number of aromatic nitrogens is 2. The number of nitrogens with zero attached hydrogens (tertiary/aromatic N) is 3. The molecule has 4 nitrogen and oxygen atoms in total. The fourth-order valence-electron chi connectivity index (χ4n) is 3.34. The average Bonchev–Trinajstić information content (AvgIpc) is 2.90. The van der Waals surface area contributed by atoms with E-state index < -0.39 is 0 Å². The molecule has 0 spiro atoms. The molecule has 0 radical (unpaired) electrons. The number of hydrogen-bond donors (Lipinski definition) is 1. The quantitative estimate of drug-likeness (QED) is 0.927. The smallest absolute Gasteiger partial charge is 0.137 e. The summed E-state index contributed by atoms with van der Waals surface area (Å²) in [6.45, 7) is 8.82. The summed E-state index contributed by atoms with van der Waals surface area (Å²) >= 11 is 0. The molecular formula is C16H24N4. The molecule has 0 atom stereocenters. The Bertz CT molecular complexity index is 538. The zero-order valence-electron chi connectivity index (χ0n) is 12.5. The van der Waals surface area contributed by atoms with E-state index >= 15 is 0 Å². The van der Waals surface area contributed by atoms with Crippen molar-refractivity contribution in [3.8, 4) is 0 Å². The van der Waals surface area contributed by atoms with E-state index in [1.807, 2.05) is 12.1 Å². The van der Waals surface area contributed by atoms with Gasteiger partial charge in [-0.25, -0.2) is 4.98 Å². The third kappa shape index (κ3) is 2.34. The molecule has 0 saturated carbocycles. The molecule has 3 rings (SSSR count). The van der Waals surface area contributed by atoms with Crippen molar-refractivity contribution in [2.45, 2.75) is 38.8 Å². The van der Waals surface area contributed by atoms with Crippen LogP contribution < -0.4 is 5.32 Å². The first-order valence-corrected chi connectivity index (χ1v) is 7.66. The minimum atomic E-state index is 0.286. The Morgan fingerprint density at radius 1 is 1.30 bits per heavy atom. The maximum absolute atomic E-state index is 4.74. The lowest BCUT2D eigenvalue weighted by atomic mass is 9.88. The summed E-state index contributed by atoms with van der Waals surface area (Å²) in [5.74, 6) is 0. The van der Waals surface area contributed by atoms with Crippen LogP contribution in [0, 0.1) is 0 Å². The van der Waals surface area contributed by atoms with Crippen LogP contribution in [0.25, 0.3) is 5.65 Å². The predicted octanol–water partition coefficient (Wildman–Crippen LogP) is 2.30. The molecule has 20 heavy (non-hydrogen) atoms. The monoisotopic (exact) mass is 272 g/mol. The van der Waals surface area contributed by atoms with Gasteiger partial charge in [-0.2, -0.15) is 0 Å². The summed E-state index contributed by atoms with van der Waals surface area (Å²) < 4.78 is 2.11. The molecule has 0 aliphatic carbocycles. The summed E-state index contributed by atoms with van der Waals surface area (Å²) in [6.07, 6.45) is 6.59. The maximum atomic E-state index is 4.74. The van der Waals surface area contributed by atoms with Crippen molar-refractivity contribution in [3.05, 3.63) is 36.3 Å². The number of rotatable bonds is 4. The molecule has 0 bridgehead atoms. The van der Waals surface area contributed by atoms with Gasteiger partial charge in [-0.05, 0) is 25.0 Å². The Hall–Kier alpha value is -1.39. The van der Waals surface area contributed by atoms with Crippen molar-refractivity contribution in [1.82, 2.24) is 19.6 Å². The standard InChI is InChI=1S/C16H24N4/c1-3-16(4-2)13-17-8-10-20(16)12-14-11-19-9-6-5-7-15(19)18-14/h5-7,9,11,17H,3-4,8,10,12-13H2,1-2H3. The highest BCUT2D eigenvalue weighted by molar-refractivity contribution is 5.39. The van der Waals surface area contributed by atoms with E-state index in [0.717, 1.165) is 31.8 Å². The zero-order chi connectivity index (χ0) is 14.0. The number of fused-ring (bicyclic) bond motifs is 1. The predicted molar refractivity (Wildman–Crippen MR) is 81.8 cm³/mol. The van der Waals surface area contributed by atoms with E-state index in [-0.39, 0.29) is 5.54 Å². The molecule has 4 heteroatoms. The van der Waals surface area contributed by atoms with E-state index in [2.05, 4.69) is 46.9 Å². The van der Waals surface area contributed by atoms with E-state index in [1.54, 1.807) is 0 Å². The Morgan fingerprint density at radius 2 is 2.15 bits per heavy atom. The summed E-state index contributed by atoms with van der Waals surface area (Å²) in [5.41, 5.74) is 2.49. The number of hydrogen-bond acceptors (Lipinski definition) is 3. The minimum Gasteiger partial charge on any atom is -0.314 e. The number of pyridine rings is 1. The van der Waals surface area contributed by atoms with Crippen LogP contribution in [0.1, 0.15) is 32.4 Å². The fraction of sp³-hybridized carbons (Fsp3) is 0.562. The molecule has 108 valence electrons. The molecule has 1 N–H and O–H groups in total. The van der Waals surface area contributed by atoms with Gasteiger partial charge in [-0.3, -0.25) is 4.90 Å². The lowest BCUT2D eigenvalue weighted by molar-refractivity contribution is 0.0438. The first-order valence-electron chi connectivity index (χ1n) is 7.66. The van der Waals surface area contributed by atoms with Crippen molar-refractivity contribution in [1.29, 1.82) is 0 Å². The highest BCUT2D eigenvalue weighted by Crippen LogP contribution is 2.27. The van der Waals surface area contributed by atoms with Crippen LogP contribution in [0.15, 0.2) is 30.6 Å². The van der Waals surface area contributed by atoms with Crippen molar-refractivity contribution in [2.24, 2.45) is 0 Å². The van der Waals surface area contributed by atoms with Gasteiger partial charge in [-0.1, -0.05) is 19.9 Å². The normalized spacial score (nSPS) is 19.5. The molecule has 3 heterocycles.